The van der Waals surface area contributed by atoms with Gasteiger partial charge in [0.25, 0.3) is 5.91 Å². The standard InChI is InChI=1S/C15H16FN3O3/c1-18(2)9-12-13(8-14(20)22-3)17-19(15(12)21)11-6-4-10(16)5-7-11/h4-7,9H,8H2,1-3H3/b12-9-. The average molecular weight is 305 g/mol. The van der Waals surface area contributed by atoms with Crippen molar-refractivity contribution in [1.82, 2.24) is 4.90 Å². The highest BCUT2D eigenvalue weighted by Gasteiger charge is 2.32. The Balaban J connectivity index is 2.38. The fourth-order valence-corrected chi connectivity index (χ4v) is 1.94. The van der Waals surface area contributed by atoms with Crippen LogP contribution >= 0.6 is 0 Å². The number of anilines is 1. The van der Waals surface area contributed by atoms with Crippen LogP contribution in [0.4, 0.5) is 10.1 Å². The lowest BCUT2D eigenvalue weighted by atomic mass is 10.1. The van der Waals surface area contributed by atoms with Crippen molar-refractivity contribution >= 4 is 23.3 Å². The Morgan fingerprint density at radius 3 is 2.55 bits per heavy atom. The second-order valence-corrected chi connectivity index (χ2v) is 4.90. The van der Waals surface area contributed by atoms with Gasteiger partial charge in [0.2, 0.25) is 0 Å². The Morgan fingerprint density at radius 1 is 1.36 bits per heavy atom. The maximum Gasteiger partial charge on any atom is 0.311 e. The van der Waals surface area contributed by atoms with Crippen LogP contribution in [-0.2, 0) is 14.3 Å². The maximum atomic E-state index is 13.0. The molecule has 116 valence electrons. The quantitative estimate of drug-likeness (QED) is 0.625. The summed E-state index contributed by atoms with van der Waals surface area (Å²) in [5.74, 6) is -1.27. The van der Waals surface area contributed by atoms with Crippen molar-refractivity contribution < 1.29 is 18.7 Å². The van der Waals surface area contributed by atoms with Crippen LogP contribution in [0.2, 0.25) is 0 Å². The first-order valence-corrected chi connectivity index (χ1v) is 6.55. The lowest BCUT2D eigenvalue weighted by Gasteiger charge is -2.12. The molecule has 7 heteroatoms. The van der Waals surface area contributed by atoms with Gasteiger partial charge in [-0.2, -0.15) is 10.1 Å². The first kappa shape index (κ1) is 15.7. The number of hydrogen-bond donors (Lipinski definition) is 0. The van der Waals surface area contributed by atoms with Gasteiger partial charge in [0.15, 0.2) is 0 Å². The van der Waals surface area contributed by atoms with Crippen molar-refractivity contribution in [2.24, 2.45) is 5.10 Å². The van der Waals surface area contributed by atoms with Crippen molar-refractivity contribution in [3.05, 3.63) is 41.9 Å². The molecular weight excluding hydrogens is 289 g/mol. The highest BCUT2D eigenvalue weighted by atomic mass is 19.1. The predicted molar refractivity (Wildman–Crippen MR) is 79.7 cm³/mol. The summed E-state index contributed by atoms with van der Waals surface area (Å²) >= 11 is 0. The highest BCUT2D eigenvalue weighted by molar-refractivity contribution is 6.32. The summed E-state index contributed by atoms with van der Waals surface area (Å²) in [7, 11) is 4.79. The number of carbonyl (C=O) groups is 2. The molecule has 1 aromatic rings. The molecule has 0 fully saturated rings. The smallest absolute Gasteiger partial charge is 0.311 e. The van der Waals surface area contributed by atoms with E-state index in [1.165, 1.54) is 31.4 Å². The topological polar surface area (TPSA) is 62.2 Å². The van der Waals surface area contributed by atoms with E-state index in [-0.39, 0.29) is 12.3 Å². The number of ether oxygens (including phenoxy) is 1. The van der Waals surface area contributed by atoms with Crippen LogP contribution in [0.5, 0.6) is 0 Å². The molecule has 0 radical (unpaired) electrons. The molecule has 22 heavy (non-hydrogen) atoms. The molecule has 0 aliphatic carbocycles. The summed E-state index contributed by atoms with van der Waals surface area (Å²) in [5.41, 5.74) is 1.05. The minimum Gasteiger partial charge on any atom is -0.469 e. The first-order valence-electron chi connectivity index (χ1n) is 6.55. The van der Waals surface area contributed by atoms with E-state index in [0.717, 1.165) is 5.01 Å². The fraction of sp³-hybridized carbons (Fsp3) is 0.267. The molecule has 1 aromatic carbocycles. The Hall–Kier alpha value is -2.70. The number of nitrogens with zero attached hydrogens (tertiary/aromatic N) is 3. The van der Waals surface area contributed by atoms with Crippen LogP contribution in [0.3, 0.4) is 0 Å². The molecule has 2 rings (SSSR count). The largest absolute Gasteiger partial charge is 0.469 e. The van der Waals surface area contributed by atoms with Crippen LogP contribution in [0.25, 0.3) is 0 Å². The summed E-state index contributed by atoms with van der Waals surface area (Å²) in [4.78, 5) is 25.6. The van der Waals surface area contributed by atoms with E-state index in [1.807, 2.05) is 0 Å². The molecule has 0 unspecified atom stereocenters. The van der Waals surface area contributed by atoms with Crippen LogP contribution in [0, 0.1) is 5.82 Å². The number of amides is 1. The third kappa shape index (κ3) is 3.30. The second-order valence-electron chi connectivity index (χ2n) is 4.90. The lowest BCUT2D eigenvalue weighted by molar-refractivity contribution is -0.139. The Kier molecular flexibility index (Phi) is 4.55. The number of rotatable bonds is 4. The molecule has 0 bridgehead atoms. The Bertz CT molecular complexity index is 651. The van der Waals surface area contributed by atoms with E-state index in [2.05, 4.69) is 9.84 Å². The third-order valence-corrected chi connectivity index (χ3v) is 2.95. The SMILES string of the molecule is COC(=O)CC1=NN(c2ccc(F)cc2)C(=O)/C1=C\N(C)C. The van der Waals surface area contributed by atoms with E-state index in [9.17, 15) is 14.0 Å². The van der Waals surface area contributed by atoms with E-state index in [0.29, 0.717) is 17.0 Å². The lowest BCUT2D eigenvalue weighted by Crippen LogP contribution is -2.23. The van der Waals surface area contributed by atoms with Gasteiger partial charge in [0.1, 0.15) is 5.82 Å². The summed E-state index contributed by atoms with van der Waals surface area (Å²) in [5, 5.41) is 5.32. The minimum absolute atomic E-state index is 0.111. The number of hydrogen-bond acceptors (Lipinski definition) is 5. The van der Waals surface area contributed by atoms with Gasteiger partial charge in [-0.05, 0) is 24.3 Å². The van der Waals surface area contributed by atoms with Crippen molar-refractivity contribution in [1.29, 1.82) is 0 Å². The van der Waals surface area contributed by atoms with E-state index in [4.69, 9.17) is 0 Å². The highest BCUT2D eigenvalue weighted by Crippen LogP contribution is 2.25. The average Bonchev–Trinajstić information content (AvgIpc) is 2.76. The minimum atomic E-state index is -0.489. The zero-order valence-corrected chi connectivity index (χ0v) is 12.5. The van der Waals surface area contributed by atoms with Crippen LogP contribution in [0.15, 0.2) is 41.1 Å². The van der Waals surface area contributed by atoms with Gasteiger partial charge in [-0.15, -0.1) is 0 Å². The molecule has 0 spiro atoms. The number of halogens is 1. The zero-order valence-electron chi connectivity index (χ0n) is 12.5. The van der Waals surface area contributed by atoms with Crippen molar-refractivity contribution in [2.45, 2.75) is 6.42 Å². The Labute approximate surface area is 127 Å². The number of hydrazone groups is 1. The van der Waals surface area contributed by atoms with Crippen molar-refractivity contribution in [2.75, 3.05) is 26.2 Å². The van der Waals surface area contributed by atoms with E-state index >= 15 is 0 Å². The number of esters is 1. The van der Waals surface area contributed by atoms with Gasteiger partial charge in [-0.3, -0.25) is 9.59 Å². The molecule has 6 nitrogen and oxygen atoms in total. The van der Waals surface area contributed by atoms with Gasteiger partial charge >= 0.3 is 5.97 Å². The molecular formula is C15H16FN3O3. The second kappa shape index (κ2) is 6.38. The molecule has 1 amide bonds. The molecule has 0 saturated heterocycles. The number of methoxy groups -OCH3 is 1. The van der Waals surface area contributed by atoms with Crippen molar-refractivity contribution in [3.63, 3.8) is 0 Å². The first-order chi connectivity index (χ1) is 10.4. The number of carbonyl (C=O) groups excluding carboxylic acids is 2. The van der Waals surface area contributed by atoms with Gasteiger partial charge in [-0.25, -0.2) is 4.39 Å². The predicted octanol–water partition coefficient (Wildman–Crippen LogP) is 1.54. The Morgan fingerprint density at radius 2 is 2.00 bits per heavy atom. The zero-order chi connectivity index (χ0) is 16.3. The molecule has 0 aromatic heterocycles. The maximum absolute atomic E-state index is 13.0. The molecule has 1 aliphatic rings. The molecule has 1 heterocycles. The van der Waals surface area contributed by atoms with E-state index < -0.39 is 11.8 Å². The van der Waals surface area contributed by atoms with Gasteiger partial charge in [0, 0.05) is 20.3 Å². The van der Waals surface area contributed by atoms with Gasteiger partial charge in [0.05, 0.1) is 30.5 Å². The number of benzene rings is 1. The third-order valence-electron chi connectivity index (χ3n) is 2.95. The normalized spacial score (nSPS) is 16.0. The molecule has 0 saturated carbocycles. The molecule has 0 N–H and O–H groups in total. The molecule has 1 aliphatic heterocycles. The monoisotopic (exact) mass is 305 g/mol. The van der Waals surface area contributed by atoms with Gasteiger partial charge < -0.3 is 9.64 Å². The summed E-state index contributed by atoms with van der Waals surface area (Å²) in [6, 6.07) is 5.38. The fourth-order valence-electron chi connectivity index (χ4n) is 1.94. The van der Waals surface area contributed by atoms with Gasteiger partial charge in [-0.1, -0.05) is 0 Å². The van der Waals surface area contributed by atoms with Crippen molar-refractivity contribution in [3.8, 4) is 0 Å². The van der Waals surface area contributed by atoms with E-state index in [1.54, 1.807) is 25.2 Å². The van der Waals surface area contributed by atoms with Crippen LogP contribution in [-0.4, -0.2) is 43.7 Å². The van der Waals surface area contributed by atoms with Crippen LogP contribution in [0.1, 0.15) is 6.42 Å². The summed E-state index contributed by atoms with van der Waals surface area (Å²) < 4.78 is 17.6. The van der Waals surface area contributed by atoms with Crippen LogP contribution < -0.4 is 5.01 Å². The summed E-state index contributed by atoms with van der Waals surface area (Å²) in [6.45, 7) is 0. The molecule has 0 atom stereocenters. The summed E-state index contributed by atoms with van der Waals surface area (Å²) in [6.07, 6.45) is 1.48.